The first-order valence-electron chi connectivity index (χ1n) is 25.1. The Morgan fingerprint density at radius 3 is 0.547 bits per heavy atom. The Balaban J connectivity index is 0.000000196. The summed E-state index contributed by atoms with van der Waals surface area (Å²) in [5.74, 6) is 1.48. The average molecular weight is 1230 g/mol. The second-order valence-corrected chi connectivity index (χ2v) is 18.8. The van der Waals surface area contributed by atoms with E-state index in [9.17, 15) is 51.1 Å². The molecule has 10 rings (SSSR count). The van der Waals surface area contributed by atoms with Gasteiger partial charge in [0.2, 0.25) is 29.8 Å². The summed E-state index contributed by atoms with van der Waals surface area (Å²) >= 11 is 0. The second kappa shape index (κ2) is 30.3. The quantitative estimate of drug-likeness (QED) is 0.0966. The number of aliphatic hydroxyl groups excluding tert-OH is 15. The molecule has 5 unspecified atom stereocenters. The van der Waals surface area contributed by atoms with Gasteiger partial charge in [-0.05, 0) is 0 Å². The zero-order valence-electron chi connectivity index (χ0n) is 44.8. The number of aliphatic hydroxyl groups is 15. The first-order chi connectivity index (χ1) is 40.2. The second-order valence-electron chi connectivity index (χ2n) is 18.8. The predicted molar refractivity (Wildman–Crippen MR) is 301 cm³/mol. The van der Waals surface area contributed by atoms with Crippen LogP contribution in [0.25, 0.3) is 0 Å². The molecule has 0 radical (unpaired) electrons. The van der Waals surface area contributed by atoms with Crippen LogP contribution in [0.1, 0.15) is 7.43 Å². The van der Waals surface area contributed by atoms with E-state index in [0.29, 0.717) is 0 Å². The largest absolute Gasteiger partial charge is 0.394 e. The molecule has 0 bridgehead atoms. The SMILES string of the molecule is C.C=C1N=C(N)N=CN1[C@@H]1O[C@H](CO)C(O)[C@@H]1O.C=C1N=C(N)N=CN1[C@@H]1O[C@H](CO)C(O)[C@@H]1O.C=C1N=C(N)N=CN1[C@@H]1O[C@H](CO)C(O)[C@@H]1O.C=C1N=C(N)N=CN1[C@@H]1O[C@H](CO)C(O)[C@@H]1O.C=C1N=C(N)N=CN1[C@@H]1O[C@H](CO)C(O)[C@@H]1O. The summed E-state index contributed by atoms with van der Waals surface area (Å²) in [7, 11) is 0. The molecule has 0 spiro atoms. The van der Waals surface area contributed by atoms with E-state index in [1.165, 1.54) is 56.2 Å². The fourth-order valence-corrected chi connectivity index (χ4v) is 8.65. The maximum absolute atomic E-state index is 9.78. The maximum atomic E-state index is 9.78. The van der Waals surface area contributed by atoms with Gasteiger partial charge in [0.1, 0.15) is 152 Å². The topological polar surface area (TPSA) is 620 Å². The van der Waals surface area contributed by atoms with Crippen molar-refractivity contribution < 1.29 is 100 Å². The summed E-state index contributed by atoms with van der Waals surface area (Å²) < 4.78 is 26.5. The monoisotopic (exact) mass is 1230 g/mol. The first-order valence-corrected chi connectivity index (χ1v) is 25.1. The molecule has 40 nitrogen and oxygen atoms in total. The molecule has 5 fully saturated rings. The van der Waals surface area contributed by atoms with Gasteiger partial charge in [0.25, 0.3) is 0 Å². The Morgan fingerprint density at radius 1 is 0.302 bits per heavy atom. The minimum absolute atomic E-state index is 0. The molecule has 0 aromatic rings. The van der Waals surface area contributed by atoms with E-state index in [1.807, 2.05) is 0 Å². The van der Waals surface area contributed by atoms with Gasteiger partial charge in [-0.3, -0.25) is 24.5 Å². The third-order valence-corrected chi connectivity index (χ3v) is 13.2. The zero-order valence-corrected chi connectivity index (χ0v) is 44.8. The zero-order chi connectivity index (χ0) is 62.9. The van der Waals surface area contributed by atoms with Crippen molar-refractivity contribution in [1.82, 2.24) is 24.5 Å². The Labute approximate surface area is 489 Å². The molecule has 40 heteroatoms. The standard InChI is InChI=1S/5C9H14N4O4.CH4/c5*1-4-12-9(10)11-3-13(4)8-7(16)6(15)5(2-14)17-8;/h5*3,5-8,14-16H,1-2H2,(H2,10,12);1H4/t5*5-,6?,7+,8-;/m11111./s1. The molecule has 0 aromatic carbocycles. The van der Waals surface area contributed by atoms with Gasteiger partial charge in [0.15, 0.2) is 31.1 Å². The van der Waals surface area contributed by atoms with E-state index < -0.39 is 156 Å². The predicted octanol–water partition coefficient (Wildman–Crippen LogP) is -11.6. The summed E-state index contributed by atoms with van der Waals surface area (Å²) in [6.45, 7) is 16.2. The van der Waals surface area contributed by atoms with Gasteiger partial charge in [-0.25, -0.2) is 25.0 Å². The van der Waals surface area contributed by atoms with Crippen LogP contribution in [-0.4, -0.2) is 318 Å². The van der Waals surface area contributed by atoms with Gasteiger partial charge < -0.3 is 129 Å². The van der Waals surface area contributed by atoms with Gasteiger partial charge in [0.05, 0.1) is 33.0 Å². The number of aliphatic imine (C=N–C) groups is 10. The molecule has 478 valence electrons. The van der Waals surface area contributed by atoms with Crippen LogP contribution in [0.15, 0.2) is 112 Å². The van der Waals surface area contributed by atoms with Crippen LogP contribution in [0.2, 0.25) is 0 Å². The summed E-state index contributed by atoms with van der Waals surface area (Å²) in [5.41, 5.74) is 26.9. The van der Waals surface area contributed by atoms with E-state index in [1.54, 1.807) is 0 Å². The van der Waals surface area contributed by atoms with Crippen molar-refractivity contribution in [2.75, 3.05) is 33.0 Å². The van der Waals surface area contributed by atoms with Gasteiger partial charge in [-0.1, -0.05) is 40.3 Å². The van der Waals surface area contributed by atoms with Crippen LogP contribution in [0.3, 0.4) is 0 Å². The van der Waals surface area contributed by atoms with E-state index in [-0.39, 0.29) is 66.3 Å². The molecule has 0 aromatic heterocycles. The van der Waals surface area contributed by atoms with E-state index >= 15 is 0 Å². The molecule has 25 N–H and O–H groups in total. The third kappa shape index (κ3) is 15.6. The third-order valence-electron chi connectivity index (χ3n) is 13.2. The van der Waals surface area contributed by atoms with Crippen LogP contribution >= 0.6 is 0 Å². The van der Waals surface area contributed by atoms with Gasteiger partial charge in [0, 0.05) is 0 Å². The highest BCUT2D eigenvalue weighted by molar-refractivity contribution is 5.91. The van der Waals surface area contributed by atoms with Crippen molar-refractivity contribution in [3.63, 3.8) is 0 Å². The van der Waals surface area contributed by atoms with Crippen molar-refractivity contribution in [2.45, 2.75) is 130 Å². The molecule has 5 saturated heterocycles. The lowest BCUT2D eigenvalue weighted by atomic mass is 10.1. The highest BCUT2D eigenvalue weighted by Gasteiger charge is 2.50. The van der Waals surface area contributed by atoms with E-state index in [0.717, 1.165) is 0 Å². The number of nitrogens with two attached hydrogens (primary N) is 5. The first kappa shape index (κ1) is 69.4. The Morgan fingerprint density at radius 2 is 0.442 bits per heavy atom. The molecule has 0 saturated carbocycles. The van der Waals surface area contributed by atoms with Crippen LogP contribution in [0.4, 0.5) is 0 Å². The molecular formula is C46H74N20O20. The van der Waals surface area contributed by atoms with Crippen molar-refractivity contribution in [3.05, 3.63) is 62.0 Å². The number of ether oxygens (including phenoxy) is 5. The summed E-state index contributed by atoms with van der Waals surface area (Å²) in [4.78, 5) is 44.5. The maximum Gasteiger partial charge on any atom is 0.223 e. The lowest BCUT2D eigenvalue weighted by molar-refractivity contribution is -0.0607. The smallest absolute Gasteiger partial charge is 0.223 e. The molecule has 10 heterocycles. The number of hydrogen-bond acceptors (Lipinski definition) is 40. The fraction of sp³-hybridized carbons (Fsp3) is 0.565. The van der Waals surface area contributed by atoms with Gasteiger partial charge >= 0.3 is 0 Å². The van der Waals surface area contributed by atoms with Crippen molar-refractivity contribution in [2.24, 2.45) is 78.6 Å². The molecule has 86 heavy (non-hydrogen) atoms. The Bertz CT molecular complexity index is 2330. The van der Waals surface area contributed by atoms with E-state index in [2.05, 4.69) is 82.8 Å². The van der Waals surface area contributed by atoms with Crippen molar-refractivity contribution in [3.8, 4) is 0 Å². The van der Waals surface area contributed by atoms with Crippen LogP contribution in [-0.2, 0) is 23.7 Å². The minimum Gasteiger partial charge on any atom is -0.394 e. The fourth-order valence-electron chi connectivity index (χ4n) is 8.65. The van der Waals surface area contributed by atoms with Gasteiger partial charge in [-0.15, -0.1) is 0 Å². The van der Waals surface area contributed by atoms with Crippen LogP contribution in [0.5, 0.6) is 0 Å². The minimum atomic E-state index is -1.19. The summed E-state index contributed by atoms with van der Waals surface area (Å²) in [6, 6.07) is 0. The average Bonchev–Trinajstić information content (AvgIpc) is 4.30. The normalized spacial score (nSPS) is 37.0. The molecule has 0 amide bonds. The molecule has 20 atom stereocenters. The molecular weight excluding hydrogens is 1150 g/mol. The molecule has 0 aliphatic carbocycles. The van der Waals surface area contributed by atoms with Crippen molar-refractivity contribution in [1.29, 1.82) is 0 Å². The van der Waals surface area contributed by atoms with Gasteiger partial charge in [-0.2, -0.15) is 25.0 Å². The number of nitrogens with zero attached hydrogens (tertiary/aromatic N) is 15. The van der Waals surface area contributed by atoms with Crippen LogP contribution < -0.4 is 28.7 Å². The molecule has 10 aliphatic rings. The number of rotatable bonds is 10. The van der Waals surface area contributed by atoms with E-state index in [4.69, 9.17) is 77.9 Å². The number of hydrogen-bond donors (Lipinski definition) is 20. The molecule has 10 aliphatic heterocycles. The highest BCUT2D eigenvalue weighted by Crippen LogP contribution is 2.31. The Hall–Kier alpha value is -7.40. The van der Waals surface area contributed by atoms with Crippen LogP contribution in [0, 0.1) is 0 Å². The van der Waals surface area contributed by atoms with Crippen molar-refractivity contribution >= 4 is 61.5 Å². The lowest BCUT2D eigenvalue weighted by Gasteiger charge is -2.29. The highest BCUT2D eigenvalue weighted by atomic mass is 16.6. The summed E-state index contributed by atoms with van der Waals surface area (Å²) in [6.07, 6.45) is -14.0. The lowest BCUT2D eigenvalue weighted by Crippen LogP contribution is -2.44. The Kier molecular flexibility index (Phi) is 24.4. The number of guanidine groups is 5. The summed E-state index contributed by atoms with van der Waals surface area (Å²) in [5, 5.41) is 142.